The van der Waals surface area contributed by atoms with Crippen molar-refractivity contribution in [1.82, 2.24) is 10.2 Å². The van der Waals surface area contributed by atoms with Gasteiger partial charge in [-0.25, -0.2) is 4.79 Å². The van der Waals surface area contributed by atoms with Crippen LogP contribution < -0.4 is 5.32 Å². The molecule has 0 spiro atoms. The lowest BCUT2D eigenvalue weighted by Crippen LogP contribution is -2.02. The second kappa shape index (κ2) is 5.56. The van der Waals surface area contributed by atoms with E-state index in [4.69, 9.17) is 5.11 Å². The summed E-state index contributed by atoms with van der Waals surface area (Å²) in [7, 11) is 0. The summed E-state index contributed by atoms with van der Waals surface area (Å²) in [5.41, 5.74) is 3.58. The van der Waals surface area contributed by atoms with Gasteiger partial charge in [-0.2, -0.15) is 5.10 Å². The topological polar surface area (TPSA) is 78.0 Å². The summed E-state index contributed by atoms with van der Waals surface area (Å²) in [6.45, 7) is 4.72. The second-order valence-electron chi connectivity index (χ2n) is 4.38. The maximum Gasteiger partial charge on any atom is 0.335 e. The van der Waals surface area contributed by atoms with Crippen LogP contribution in [0.3, 0.4) is 0 Å². The van der Waals surface area contributed by atoms with E-state index in [0.29, 0.717) is 12.1 Å². The van der Waals surface area contributed by atoms with Crippen molar-refractivity contribution >= 4 is 11.8 Å². The summed E-state index contributed by atoms with van der Waals surface area (Å²) < 4.78 is 0. The van der Waals surface area contributed by atoms with Crippen molar-refractivity contribution in [3.05, 3.63) is 46.6 Å². The number of carboxylic acids is 1. The zero-order valence-electron chi connectivity index (χ0n) is 11.0. The molecule has 0 radical (unpaired) electrons. The van der Waals surface area contributed by atoms with Crippen LogP contribution in [0.15, 0.2) is 24.3 Å². The molecule has 0 saturated carbocycles. The monoisotopic (exact) mass is 259 g/mol. The number of aryl methyl sites for hydroxylation is 1. The molecular formula is C14H17N3O2. The fraction of sp³-hybridized carbons (Fsp3) is 0.286. The van der Waals surface area contributed by atoms with Gasteiger partial charge in [0.15, 0.2) is 5.82 Å². The van der Waals surface area contributed by atoms with Crippen molar-refractivity contribution in [2.75, 3.05) is 5.32 Å². The van der Waals surface area contributed by atoms with Crippen molar-refractivity contribution in [3.63, 3.8) is 0 Å². The fourth-order valence-corrected chi connectivity index (χ4v) is 1.90. The van der Waals surface area contributed by atoms with Crippen LogP contribution in [0.1, 0.15) is 34.1 Å². The van der Waals surface area contributed by atoms with Crippen LogP contribution in [-0.4, -0.2) is 21.3 Å². The van der Waals surface area contributed by atoms with Crippen molar-refractivity contribution in [2.24, 2.45) is 0 Å². The van der Waals surface area contributed by atoms with E-state index in [2.05, 4.69) is 22.4 Å². The number of anilines is 1. The van der Waals surface area contributed by atoms with Crippen LogP contribution in [0.25, 0.3) is 0 Å². The molecule has 100 valence electrons. The van der Waals surface area contributed by atoms with Crippen molar-refractivity contribution < 1.29 is 9.90 Å². The average Bonchev–Trinajstić information content (AvgIpc) is 2.77. The molecule has 0 aliphatic carbocycles. The maximum absolute atomic E-state index is 10.7. The van der Waals surface area contributed by atoms with Crippen LogP contribution in [0.4, 0.5) is 5.82 Å². The minimum absolute atomic E-state index is 0.299. The second-order valence-corrected chi connectivity index (χ2v) is 4.38. The molecule has 0 aliphatic rings. The summed E-state index contributed by atoms with van der Waals surface area (Å²) >= 11 is 0. The van der Waals surface area contributed by atoms with E-state index in [1.54, 1.807) is 24.3 Å². The normalized spacial score (nSPS) is 10.4. The van der Waals surface area contributed by atoms with Gasteiger partial charge in [-0.15, -0.1) is 0 Å². The number of rotatable bonds is 5. The number of aromatic amines is 1. The fourth-order valence-electron chi connectivity index (χ4n) is 1.90. The van der Waals surface area contributed by atoms with Crippen molar-refractivity contribution in [1.29, 1.82) is 0 Å². The first kappa shape index (κ1) is 13.1. The van der Waals surface area contributed by atoms with Crippen LogP contribution >= 0.6 is 0 Å². The molecule has 1 aromatic heterocycles. The van der Waals surface area contributed by atoms with E-state index in [1.165, 1.54) is 0 Å². The molecule has 5 heteroatoms. The Morgan fingerprint density at radius 3 is 2.58 bits per heavy atom. The van der Waals surface area contributed by atoms with Crippen LogP contribution in [0, 0.1) is 6.92 Å². The number of nitrogens with zero attached hydrogens (tertiary/aromatic N) is 1. The molecule has 0 bridgehead atoms. The first-order chi connectivity index (χ1) is 9.11. The standard InChI is InChI=1S/C14H17N3O2/c1-3-12-9(2)13(17-16-12)15-8-10-4-6-11(7-5-10)14(18)19/h4-7H,3,8H2,1-2H3,(H,18,19)(H2,15,16,17). The van der Waals surface area contributed by atoms with Gasteiger partial charge in [0, 0.05) is 17.8 Å². The van der Waals surface area contributed by atoms with Crippen LogP contribution in [-0.2, 0) is 13.0 Å². The van der Waals surface area contributed by atoms with Crippen molar-refractivity contribution in [3.8, 4) is 0 Å². The third-order valence-corrected chi connectivity index (χ3v) is 3.12. The van der Waals surface area contributed by atoms with E-state index in [1.807, 2.05) is 6.92 Å². The van der Waals surface area contributed by atoms with E-state index >= 15 is 0 Å². The highest BCUT2D eigenvalue weighted by molar-refractivity contribution is 5.87. The molecular weight excluding hydrogens is 242 g/mol. The molecule has 0 fully saturated rings. The largest absolute Gasteiger partial charge is 0.478 e. The molecule has 2 aromatic rings. The Labute approximate surface area is 111 Å². The van der Waals surface area contributed by atoms with E-state index in [0.717, 1.165) is 29.1 Å². The van der Waals surface area contributed by atoms with E-state index < -0.39 is 5.97 Å². The van der Waals surface area contributed by atoms with Gasteiger partial charge in [0.05, 0.1) is 5.56 Å². The first-order valence-corrected chi connectivity index (χ1v) is 6.21. The Bertz CT molecular complexity index is 573. The first-order valence-electron chi connectivity index (χ1n) is 6.21. The summed E-state index contributed by atoms with van der Waals surface area (Å²) in [5, 5.41) is 19.3. The summed E-state index contributed by atoms with van der Waals surface area (Å²) in [6.07, 6.45) is 0.924. The zero-order valence-corrected chi connectivity index (χ0v) is 11.0. The quantitative estimate of drug-likeness (QED) is 0.771. The molecule has 0 aliphatic heterocycles. The lowest BCUT2D eigenvalue weighted by atomic mass is 10.1. The number of H-pyrrole nitrogens is 1. The SMILES string of the molecule is CCc1[nH]nc(NCc2ccc(C(=O)O)cc2)c1C. The Morgan fingerprint density at radius 2 is 2.05 bits per heavy atom. The molecule has 0 unspecified atom stereocenters. The minimum atomic E-state index is -0.907. The summed E-state index contributed by atoms with van der Waals surface area (Å²) in [5.74, 6) is -0.0607. The molecule has 0 atom stereocenters. The number of carboxylic acid groups (broad SMARTS) is 1. The number of hydrogen-bond donors (Lipinski definition) is 3. The Kier molecular flexibility index (Phi) is 3.85. The smallest absolute Gasteiger partial charge is 0.335 e. The molecule has 1 heterocycles. The van der Waals surface area contributed by atoms with Gasteiger partial charge < -0.3 is 10.4 Å². The van der Waals surface area contributed by atoms with Gasteiger partial charge in [0.25, 0.3) is 0 Å². The maximum atomic E-state index is 10.7. The summed E-state index contributed by atoms with van der Waals surface area (Å²) in [4.78, 5) is 10.7. The predicted octanol–water partition coefficient (Wildman–Crippen LogP) is 2.59. The van der Waals surface area contributed by atoms with Crippen molar-refractivity contribution in [2.45, 2.75) is 26.8 Å². The number of benzene rings is 1. The van der Waals surface area contributed by atoms with Gasteiger partial charge in [-0.05, 0) is 31.0 Å². The summed E-state index contributed by atoms with van der Waals surface area (Å²) in [6, 6.07) is 6.82. The lowest BCUT2D eigenvalue weighted by Gasteiger charge is -2.05. The van der Waals surface area contributed by atoms with E-state index in [9.17, 15) is 4.79 Å². The van der Waals surface area contributed by atoms with Gasteiger partial charge in [-0.3, -0.25) is 5.10 Å². The van der Waals surface area contributed by atoms with Crippen LogP contribution in [0.2, 0.25) is 0 Å². The number of aromatic carboxylic acids is 1. The molecule has 2 rings (SSSR count). The number of hydrogen-bond acceptors (Lipinski definition) is 3. The van der Waals surface area contributed by atoms with Gasteiger partial charge >= 0.3 is 5.97 Å². The third kappa shape index (κ3) is 2.93. The number of carbonyl (C=O) groups is 1. The third-order valence-electron chi connectivity index (χ3n) is 3.12. The van der Waals surface area contributed by atoms with Gasteiger partial charge in [0.1, 0.15) is 0 Å². The molecule has 19 heavy (non-hydrogen) atoms. The average molecular weight is 259 g/mol. The molecule has 0 amide bonds. The highest BCUT2D eigenvalue weighted by Crippen LogP contribution is 2.16. The Balaban J connectivity index is 2.02. The predicted molar refractivity (Wildman–Crippen MR) is 73.4 cm³/mol. The minimum Gasteiger partial charge on any atom is -0.478 e. The highest BCUT2D eigenvalue weighted by atomic mass is 16.4. The number of nitrogens with one attached hydrogen (secondary N) is 2. The van der Waals surface area contributed by atoms with Crippen LogP contribution in [0.5, 0.6) is 0 Å². The number of aromatic nitrogens is 2. The molecule has 3 N–H and O–H groups in total. The molecule has 1 aromatic carbocycles. The Morgan fingerprint density at radius 1 is 1.37 bits per heavy atom. The molecule has 0 saturated heterocycles. The molecule has 5 nitrogen and oxygen atoms in total. The van der Waals surface area contributed by atoms with E-state index in [-0.39, 0.29) is 0 Å². The lowest BCUT2D eigenvalue weighted by molar-refractivity contribution is 0.0697. The Hall–Kier alpha value is -2.30. The van der Waals surface area contributed by atoms with Gasteiger partial charge in [-0.1, -0.05) is 19.1 Å². The highest BCUT2D eigenvalue weighted by Gasteiger charge is 2.07. The van der Waals surface area contributed by atoms with Gasteiger partial charge in [0.2, 0.25) is 0 Å². The zero-order chi connectivity index (χ0) is 13.8.